The SMILES string of the molecule is OC1C[CH]C(Cl)CC1. The largest absolute Gasteiger partial charge is 0.393 e. The molecule has 1 saturated carbocycles. The number of aliphatic hydroxyl groups is 1. The van der Waals surface area contributed by atoms with Gasteiger partial charge >= 0.3 is 0 Å². The van der Waals surface area contributed by atoms with Gasteiger partial charge in [0.2, 0.25) is 0 Å². The highest BCUT2D eigenvalue weighted by Crippen LogP contribution is 2.21. The molecule has 0 aromatic carbocycles. The Kier molecular flexibility index (Phi) is 2.15. The van der Waals surface area contributed by atoms with Gasteiger partial charge in [-0.1, -0.05) is 0 Å². The number of rotatable bonds is 0. The van der Waals surface area contributed by atoms with Crippen LogP contribution < -0.4 is 0 Å². The number of alkyl halides is 1. The highest BCUT2D eigenvalue weighted by atomic mass is 35.5. The van der Waals surface area contributed by atoms with Crippen LogP contribution in [0.3, 0.4) is 0 Å². The molecule has 0 saturated heterocycles. The summed E-state index contributed by atoms with van der Waals surface area (Å²) in [7, 11) is 0. The molecule has 2 unspecified atom stereocenters. The third kappa shape index (κ3) is 1.64. The minimum Gasteiger partial charge on any atom is -0.393 e. The van der Waals surface area contributed by atoms with Gasteiger partial charge in [-0.2, -0.15) is 0 Å². The molecule has 47 valence electrons. The molecule has 0 aliphatic heterocycles. The highest BCUT2D eigenvalue weighted by molar-refractivity contribution is 6.21. The average molecular weight is 134 g/mol. The first-order valence-corrected chi connectivity index (χ1v) is 3.38. The van der Waals surface area contributed by atoms with Gasteiger partial charge in [-0.25, -0.2) is 0 Å². The smallest absolute Gasteiger partial charge is 0.0544 e. The first-order valence-electron chi connectivity index (χ1n) is 2.94. The third-order valence-corrected chi connectivity index (χ3v) is 1.84. The first-order chi connectivity index (χ1) is 3.79. The van der Waals surface area contributed by atoms with Crippen LogP contribution in [0, 0.1) is 6.42 Å². The Balaban J connectivity index is 2.19. The summed E-state index contributed by atoms with van der Waals surface area (Å²) < 4.78 is 0. The molecular formula is C6H10ClO. The summed E-state index contributed by atoms with van der Waals surface area (Å²) in [6, 6.07) is 0. The molecule has 2 heteroatoms. The fourth-order valence-corrected chi connectivity index (χ4v) is 1.12. The van der Waals surface area contributed by atoms with Crippen LogP contribution >= 0.6 is 11.6 Å². The van der Waals surface area contributed by atoms with Crippen LogP contribution in [0.4, 0.5) is 0 Å². The second kappa shape index (κ2) is 2.70. The second-order valence-electron chi connectivity index (χ2n) is 2.22. The van der Waals surface area contributed by atoms with Crippen molar-refractivity contribution < 1.29 is 5.11 Å². The Morgan fingerprint density at radius 3 is 2.62 bits per heavy atom. The van der Waals surface area contributed by atoms with Crippen LogP contribution in [0.1, 0.15) is 19.3 Å². The van der Waals surface area contributed by atoms with Crippen molar-refractivity contribution in [3.05, 3.63) is 6.42 Å². The Morgan fingerprint density at radius 2 is 2.25 bits per heavy atom. The molecule has 0 aromatic rings. The van der Waals surface area contributed by atoms with E-state index < -0.39 is 0 Å². The summed E-state index contributed by atoms with van der Waals surface area (Å²) in [5.41, 5.74) is 0. The Bertz CT molecular complexity index is 56.9. The van der Waals surface area contributed by atoms with Crippen molar-refractivity contribution in [1.29, 1.82) is 0 Å². The zero-order valence-electron chi connectivity index (χ0n) is 4.68. The summed E-state index contributed by atoms with van der Waals surface area (Å²) in [6.07, 6.45) is 4.42. The van der Waals surface area contributed by atoms with Crippen molar-refractivity contribution >= 4 is 11.6 Å². The van der Waals surface area contributed by atoms with Gasteiger partial charge in [-0.05, 0) is 25.7 Å². The standard InChI is InChI=1S/C6H10ClO/c7-5-1-3-6(8)4-2-5/h1,5-6,8H,2-4H2. The van der Waals surface area contributed by atoms with E-state index in [0.717, 1.165) is 19.3 Å². The van der Waals surface area contributed by atoms with Gasteiger partial charge in [0.25, 0.3) is 0 Å². The number of hydrogen-bond donors (Lipinski definition) is 1. The zero-order chi connectivity index (χ0) is 5.98. The lowest BCUT2D eigenvalue weighted by molar-refractivity contribution is 0.148. The maximum atomic E-state index is 8.94. The van der Waals surface area contributed by atoms with E-state index in [1.165, 1.54) is 0 Å². The van der Waals surface area contributed by atoms with E-state index in [-0.39, 0.29) is 11.5 Å². The van der Waals surface area contributed by atoms with E-state index in [4.69, 9.17) is 16.7 Å². The Morgan fingerprint density at radius 1 is 1.50 bits per heavy atom. The third-order valence-electron chi connectivity index (χ3n) is 1.44. The molecule has 0 heterocycles. The Hall–Kier alpha value is 0.250. The minimum absolute atomic E-state index is 0.120. The molecule has 1 nitrogen and oxygen atoms in total. The summed E-state index contributed by atoms with van der Waals surface area (Å²) >= 11 is 5.72. The summed E-state index contributed by atoms with van der Waals surface area (Å²) in [6.45, 7) is 0. The van der Waals surface area contributed by atoms with Crippen molar-refractivity contribution in [3.8, 4) is 0 Å². The molecule has 0 aromatic heterocycles. The first kappa shape index (κ1) is 6.37. The predicted octanol–water partition coefficient (Wildman–Crippen LogP) is 1.34. The van der Waals surface area contributed by atoms with Crippen LogP contribution in [0.5, 0.6) is 0 Å². The lowest BCUT2D eigenvalue weighted by Gasteiger charge is -2.19. The fourth-order valence-electron chi connectivity index (χ4n) is 0.892. The molecule has 0 spiro atoms. The summed E-state index contributed by atoms with van der Waals surface area (Å²) in [4.78, 5) is 0. The van der Waals surface area contributed by atoms with Crippen molar-refractivity contribution in [2.24, 2.45) is 0 Å². The molecule has 0 bridgehead atoms. The van der Waals surface area contributed by atoms with Gasteiger partial charge in [0.1, 0.15) is 0 Å². The van der Waals surface area contributed by atoms with Gasteiger partial charge in [-0.3, -0.25) is 0 Å². The summed E-state index contributed by atoms with van der Waals surface area (Å²) in [5.74, 6) is 0. The van der Waals surface area contributed by atoms with E-state index >= 15 is 0 Å². The second-order valence-corrected chi connectivity index (χ2v) is 2.78. The van der Waals surface area contributed by atoms with Crippen molar-refractivity contribution in [2.75, 3.05) is 0 Å². The molecular weight excluding hydrogens is 124 g/mol. The maximum absolute atomic E-state index is 8.94. The number of aliphatic hydroxyl groups excluding tert-OH is 1. The highest BCUT2D eigenvalue weighted by Gasteiger charge is 2.16. The van der Waals surface area contributed by atoms with Crippen molar-refractivity contribution in [1.82, 2.24) is 0 Å². The van der Waals surface area contributed by atoms with Crippen LogP contribution in [-0.2, 0) is 0 Å². The van der Waals surface area contributed by atoms with Gasteiger partial charge in [0.05, 0.1) is 6.10 Å². The van der Waals surface area contributed by atoms with Crippen LogP contribution in [0.25, 0.3) is 0 Å². The van der Waals surface area contributed by atoms with E-state index in [9.17, 15) is 0 Å². The molecule has 1 aliphatic carbocycles. The maximum Gasteiger partial charge on any atom is 0.0544 e. The van der Waals surface area contributed by atoms with Crippen LogP contribution in [0.2, 0.25) is 0 Å². The molecule has 1 N–H and O–H groups in total. The normalized spacial score (nSPS) is 39.8. The average Bonchev–Trinajstić information content (AvgIpc) is 1.77. The van der Waals surface area contributed by atoms with Gasteiger partial charge in [-0.15, -0.1) is 11.6 Å². The quantitative estimate of drug-likeness (QED) is 0.495. The van der Waals surface area contributed by atoms with Gasteiger partial charge in [0, 0.05) is 5.38 Å². The van der Waals surface area contributed by atoms with E-state index in [2.05, 4.69) is 0 Å². The molecule has 1 fully saturated rings. The van der Waals surface area contributed by atoms with Crippen LogP contribution in [-0.4, -0.2) is 16.6 Å². The zero-order valence-corrected chi connectivity index (χ0v) is 5.43. The minimum atomic E-state index is -0.120. The number of halogens is 1. The predicted molar refractivity (Wildman–Crippen MR) is 33.8 cm³/mol. The lowest BCUT2D eigenvalue weighted by Crippen LogP contribution is -2.18. The van der Waals surface area contributed by atoms with E-state index in [0.29, 0.717) is 0 Å². The monoisotopic (exact) mass is 133 g/mol. The number of hydrogen-bond acceptors (Lipinski definition) is 1. The van der Waals surface area contributed by atoms with Gasteiger partial charge < -0.3 is 5.11 Å². The summed E-state index contributed by atoms with van der Waals surface area (Å²) in [5, 5.41) is 9.14. The lowest BCUT2D eigenvalue weighted by atomic mass is 9.98. The van der Waals surface area contributed by atoms with Crippen molar-refractivity contribution in [2.45, 2.75) is 30.7 Å². The van der Waals surface area contributed by atoms with Gasteiger partial charge in [0.15, 0.2) is 0 Å². The fraction of sp³-hybridized carbons (Fsp3) is 0.833. The molecule has 1 radical (unpaired) electrons. The molecule has 1 rings (SSSR count). The van der Waals surface area contributed by atoms with E-state index in [1.54, 1.807) is 0 Å². The molecule has 8 heavy (non-hydrogen) atoms. The van der Waals surface area contributed by atoms with E-state index in [1.807, 2.05) is 6.42 Å². The Labute approximate surface area is 54.7 Å². The molecule has 1 aliphatic rings. The molecule has 0 amide bonds. The van der Waals surface area contributed by atoms with Crippen LogP contribution in [0.15, 0.2) is 0 Å². The molecule has 2 atom stereocenters. The van der Waals surface area contributed by atoms with Crippen molar-refractivity contribution in [3.63, 3.8) is 0 Å². The topological polar surface area (TPSA) is 20.2 Å².